The SMILES string of the molecule is Cc1cc(C#N)cc(C)c1Oc1nc(Nc2ccc(C#N)cc2)ncc1C#CC(=O)NCCN1CCN(S(C)(=O)=O)CC1. The average molecular weight is 599 g/mol. The van der Waals surface area contributed by atoms with Gasteiger partial charge in [0.05, 0.1) is 35.7 Å². The molecule has 0 unspecified atom stereocenters. The number of benzene rings is 2. The zero-order valence-corrected chi connectivity index (χ0v) is 24.8. The Kier molecular flexibility index (Phi) is 9.91. The largest absolute Gasteiger partial charge is 0.437 e. The Morgan fingerprint density at radius 2 is 1.67 bits per heavy atom. The van der Waals surface area contributed by atoms with Gasteiger partial charge >= 0.3 is 0 Å². The van der Waals surface area contributed by atoms with Crippen LogP contribution in [0.4, 0.5) is 11.6 Å². The van der Waals surface area contributed by atoms with Gasteiger partial charge in [-0.2, -0.15) is 19.8 Å². The maximum absolute atomic E-state index is 12.5. The highest BCUT2D eigenvalue weighted by Crippen LogP contribution is 2.31. The molecule has 2 heterocycles. The average Bonchev–Trinajstić information content (AvgIpc) is 2.98. The Bertz CT molecular complexity index is 1740. The van der Waals surface area contributed by atoms with E-state index in [2.05, 4.69) is 49.5 Å². The molecule has 0 saturated carbocycles. The van der Waals surface area contributed by atoms with E-state index in [9.17, 15) is 18.5 Å². The summed E-state index contributed by atoms with van der Waals surface area (Å²) in [4.78, 5) is 23.4. The summed E-state index contributed by atoms with van der Waals surface area (Å²) in [5.41, 5.74) is 3.41. The number of ether oxygens (including phenoxy) is 1. The van der Waals surface area contributed by atoms with E-state index in [0.717, 1.165) is 11.1 Å². The number of rotatable bonds is 8. The van der Waals surface area contributed by atoms with Crippen LogP contribution in [0.1, 0.15) is 27.8 Å². The first kappa shape index (κ1) is 30.9. The summed E-state index contributed by atoms with van der Waals surface area (Å²) in [5.74, 6) is 5.70. The summed E-state index contributed by atoms with van der Waals surface area (Å²) < 4.78 is 31.0. The number of nitriles is 2. The predicted molar refractivity (Wildman–Crippen MR) is 160 cm³/mol. The van der Waals surface area contributed by atoms with Gasteiger partial charge in [0.2, 0.25) is 21.9 Å². The minimum Gasteiger partial charge on any atom is -0.437 e. The molecule has 1 aliphatic heterocycles. The quantitative estimate of drug-likeness (QED) is 0.368. The van der Waals surface area contributed by atoms with Gasteiger partial charge in [0.1, 0.15) is 11.3 Å². The lowest BCUT2D eigenvalue weighted by Gasteiger charge is -2.33. The van der Waals surface area contributed by atoms with Crippen LogP contribution in [0.15, 0.2) is 42.6 Å². The molecule has 1 aromatic heterocycles. The standard InChI is InChI=1S/C30H30N8O4S/c1-21-16-24(19-32)17-22(2)28(21)42-29-25(20-34-30(36-29)35-26-7-4-23(18-31)5-8-26)6-9-27(39)33-10-11-37-12-14-38(15-13-37)43(3,40)41/h4-5,7-8,16-17,20H,10-15H2,1-3H3,(H,33,39)(H,34,35,36). The molecular weight excluding hydrogens is 568 g/mol. The Morgan fingerprint density at radius 1 is 1.02 bits per heavy atom. The first-order valence-electron chi connectivity index (χ1n) is 13.4. The number of hydrogen-bond acceptors (Lipinski definition) is 10. The maximum Gasteiger partial charge on any atom is 0.296 e. The molecular formula is C30H30N8O4S. The van der Waals surface area contributed by atoms with E-state index >= 15 is 0 Å². The highest BCUT2D eigenvalue weighted by molar-refractivity contribution is 7.88. The van der Waals surface area contributed by atoms with E-state index in [1.807, 2.05) is 13.8 Å². The summed E-state index contributed by atoms with van der Waals surface area (Å²) in [7, 11) is -3.20. The predicted octanol–water partition coefficient (Wildman–Crippen LogP) is 2.42. The Morgan fingerprint density at radius 3 is 2.28 bits per heavy atom. The second kappa shape index (κ2) is 13.8. The van der Waals surface area contributed by atoms with E-state index in [1.165, 1.54) is 16.8 Å². The van der Waals surface area contributed by atoms with Crippen LogP contribution >= 0.6 is 0 Å². The highest BCUT2D eigenvalue weighted by Gasteiger charge is 2.23. The van der Waals surface area contributed by atoms with E-state index in [0.29, 0.717) is 61.8 Å². The van der Waals surface area contributed by atoms with Crippen molar-refractivity contribution in [3.63, 3.8) is 0 Å². The fourth-order valence-electron chi connectivity index (χ4n) is 4.40. The first-order chi connectivity index (χ1) is 20.5. The third-order valence-electron chi connectivity index (χ3n) is 6.64. The van der Waals surface area contributed by atoms with Gasteiger partial charge in [-0.3, -0.25) is 9.69 Å². The molecule has 2 N–H and O–H groups in total. The van der Waals surface area contributed by atoms with E-state index in [1.54, 1.807) is 36.4 Å². The molecule has 0 spiro atoms. The van der Waals surface area contributed by atoms with Crippen molar-refractivity contribution in [2.75, 3.05) is 50.8 Å². The van der Waals surface area contributed by atoms with Gasteiger partial charge in [0.15, 0.2) is 0 Å². The van der Waals surface area contributed by atoms with Gasteiger partial charge in [-0.25, -0.2) is 13.4 Å². The molecule has 3 aromatic rings. The molecule has 1 saturated heterocycles. The van der Waals surface area contributed by atoms with Crippen molar-refractivity contribution in [2.24, 2.45) is 0 Å². The summed E-state index contributed by atoms with van der Waals surface area (Å²) in [6.07, 6.45) is 2.65. The third kappa shape index (κ3) is 8.51. The summed E-state index contributed by atoms with van der Waals surface area (Å²) in [6, 6.07) is 14.4. The molecule has 1 aliphatic rings. The second-order valence-corrected chi connectivity index (χ2v) is 11.9. The molecule has 1 amide bonds. The monoisotopic (exact) mass is 598 g/mol. The van der Waals surface area contributed by atoms with Crippen molar-refractivity contribution in [1.29, 1.82) is 10.5 Å². The van der Waals surface area contributed by atoms with Crippen LogP contribution in [-0.2, 0) is 14.8 Å². The van der Waals surface area contributed by atoms with E-state index in [-0.39, 0.29) is 17.4 Å². The number of hydrogen-bond donors (Lipinski definition) is 2. The third-order valence-corrected chi connectivity index (χ3v) is 7.94. The smallest absolute Gasteiger partial charge is 0.296 e. The van der Waals surface area contributed by atoms with Crippen molar-refractivity contribution in [3.8, 4) is 35.6 Å². The van der Waals surface area contributed by atoms with Crippen molar-refractivity contribution in [3.05, 3.63) is 70.4 Å². The molecule has 0 atom stereocenters. The number of anilines is 2. The van der Waals surface area contributed by atoms with E-state index in [4.69, 9.17) is 10.00 Å². The minimum atomic E-state index is -3.20. The minimum absolute atomic E-state index is 0.117. The van der Waals surface area contributed by atoms with Gasteiger partial charge < -0.3 is 15.4 Å². The van der Waals surface area contributed by atoms with Gasteiger partial charge in [0.25, 0.3) is 5.91 Å². The van der Waals surface area contributed by atoms with Crippen LogP contribution in [0.25, 0.3) is 0 Å². The van der Waals surface area contributed by atoms with Crippen molar-refractivity contribution < 1.29 is 17.9 Å². The molecule has 4 rings (SSSR count). The van der Waals surface area contributed by atoms with Crippen LogP contribution in [0.3, 0.4) is 0 Å². The van der Waals surface area contributed by atoms with Crippen LogP contribution in [-0.4, -0.2) is 79.0 Å². The normalized spacial score (nSPS) is 13.6. The lowest BCUT2D eigenvalue weighted by molar-refractivity contribution is -0.115. The lowest BCUT2D eigenvalue weighted by Crippen LogP contribution is -2.49. The van der Waals surface area contributed by atoms with Crippen LogP contribution in [0.5, 0.6) is 11.6 Å². The van der Waals surface area contributed by atoms with Gasteiger partial charge in [-0.05, 0) is 67.3 Å². The number of carbonyl (C=O) groups is 1. The van der Waals surface area contributed by atoms with Crippen molar-refractivity contribution >= 4 is 27.6 Å². The number of nitrogens with zero attached hydrogens (tertiary/aromatic N) is 6. The molecule has 12 nitrogen and oxygen atoms in total. The zero-order chi connectivity index (χ0) is 31.0. The Balaban J connectivity index is 1.48. The molecule has 0 radical (unpaired) electrons. The Labute approximate surface area is 251 Å². The number of piperazine rings is 1. The van der Waals surface area contributed by atoms with Gasteiger partial charge in [0, 0.05) is 50.9 Å². The highest BCUT2D eigenvalue weighted by atomic mass is 32.2. The fourth-order valence-corrected chi connectivity index (χ4v) is 5.23. The summed E-state index contributed by atoms with van der Waals surface area (Å²) >= 11 is 0. The summed E-state index contributed by atoms with van der Waals surface area (Å²) in [5, 5.41) is 24.2. The number of aromatic nitrogens is 2. The van der Waals surface area contributed by atoms with Crippen molar-refractivity contribution in [1.82, 2.24) is 24.5 Å². The van der Waals surface area contributed by atoms with Crippen LogP contribution in [0.2, 0.25) is 0 Å². The number of nitrogens with one attached hydrogen (secondary N) is 2. The number of amides is 1. The van der Waals surface area contributed by atoms with Gasteiger partial charge in [-0.15, -0.1) is 0 Å². The molecule has 2 aromatic carbocycles. The number of sulfonamides is 1. The maximum atomic E-state index is 12.5. The first-order valence-corrected chi connectivity index (χ1v) is 15.2. The molecule has 0 bridgehead atoms. The topological polar surface area (TPSA) is 164 Å². The lowest BCUT2D eigenvalue weighted by atomic mass is 10.1. The molecule has 13 heteroatoms. The fraction of sp³-hybridized carbons (Fsp3) is 0.300. The second-order valence-electron chi connectivity index (χ2n) is 9.89. The molecule has 220 valence electrons. The molecule has 1 fully saturated rings. The summed E-state index contributed by atoms with van der Waals surface area (Å²) in [6.45, 7) is 6.57. The van der Waals surface area contributed by atoms with Crippen LogP contribution < -0.4 is 15.4 Å². The van der Waals surface area contributed by atoms with Crippen molar-refractivity contribution in [2.45, 2.75) is 13.8 Å². The Hall–Kier alpha value is -5.00. The number of carbonyl (C=O) groups excluding carboxylic acids is 1. The zero-order valence-electron chi connectivity index (χ0n) is 24.0. The van der Waals surface area contributed by atoms with Gasteiger partial charge in [-0.1, -0.05) is 0 Å². The number of aryl methyl sites for hydroxylation is 2. The van der Waals surface area contributed by atoms with Crippen LogP contribution in [0, 0.1) is 48.4 Å². The molecule has 43 heavy (non-hydrogen) atoms. The van der Waals surface area contributed by atoms with E-state index < -0.39 is 15.9 Å². The molecule has 0 aliphatic carbocycles.